The van der Waals surface area contributed by atoms with E-state index in [0.717, 1.165) is 16.0 Å². The normalized spacial score (nSPS) is 16.2. The van der Waals surface area contributed by atoms with E-state index in [0.29, 0.717) is 32.2 Å². The van der Waals surface area contributed by atoms with E-state index in [1.165, 1.54) is 9.80 Å². The Morgan fingerprint density at radius 3 is 2.44 bits per heavy atom. The molecule has 0 aliphatic carbocycles. The van der Waals surface area contributed by atoms with Crippen molar-refractivity contribution >= 4 is 30.0 Å². The predicted octanol–water partition coefficient (Wildman–Crippen LogP) is 5.65. The first-order chi connectivity index (χ1) is 18.4. The Balaban J connectivity index is 1.76. The molecule has 1 aliphatic heterocycles. The van der Waals surface area contributed by atoms with Crippen LogP contribution in [0.2, 0.25) is 0 Å². The molecular formula is C30H41N3O5S. The van der Waals surface area contributed by atoms with Crippen molar-refractivity contribution in [3.05, 3.63) is 65.7 Å². The molecule has 0 radical (unpaired) electrons. The molecule has 1 unspecified atom stereocenters. The molecule has 0 saturated carbocycles. The second kappa shape index (κ2) is 13.8. The molecule has 39 heavy (non-hydrogen) atoms. The number of carbonyl (C=O) groups excluding carboxylic acids is 3. The summed E-state index contributed by atoms with van der Waals surface area (Å²) < 4.78 is 12.8. The molecule has 1 aliphatic rings. The van der Waals surface area contributed by atoms with Crippen LogP contribution in [0, 0.1) is 5.92 Å². The second-order valence-corrected chi connectivity index (χ2v) is 12.5. The van der Waals surface area contributed by atoms with Crippen molar-refractivity contribution in [2.45, 2.75) is 63.0 Å². The van der Waals surface area contributed by atoms with Gasteiger partial charge in [-0.15, -0.1) is 0 Å². The summed E-state index contributed by atoms with van der Waals surface area (Å²) in [7, 11) is 5.66. The van der Waals surface area contributed by atoms with Crippen molar-refractivity contribution < 1.29 is 23.9 Å². The van der Waals surface area contributed by atoms with Gasteiger partial charge in [0.1, 0.15) is 12.2 Å². The number of hydrogen-bond acceptors (Lipinski definition) is 7. The van der Waals surface area contributed by atoms with Crippen molar-refractivity contribution in [2.75, 3.05) is 34.3 Å². The SMILES string of the molecule is CN(C)Sc1cccc(CC(CCCN(C)C(=O)OC(C)(C)C)C(=O)N2C(=O)OC[C@@H]2Cc2ccccc2)c1. The Morgan fingerprint density at radius 2 is 1.77 bits per heavy atom. The zero-order chi connectivity index (χ0) is 28.6. The molecule has 3 amide bonds. The van der Waals surface area contributed by atoms with Gasteiger partial charge in [0.05, 0.1) is 6.04 Å². The third-order valence-electron chi connectivity index (χ3n) is 6.28. The van der Waals surface area contributed by atoms with Gasteiger partial charge in [-0.25, -0.2) is 14.5 Å². The van der Waals surface area contributed by atoms with Gasteiger partial charge >= 0.3 is 12.2 Å². The Kier molecular flexibility index (Phi) is 10.8. The highest BCUT2D eigenvalue weighted by atomic mass is 32.2. The van der Waals surface area contributed by atoms with E-state index in [1.807, 2.05) is 87.7 Å². The molecule has 8 nitrogen and oxygen atoms in total. The lowest BCUT2D eigenvalue weighted by Crippen LogP contribution is -2.44. The minimum atomic E-state index is -0.589. The Morgan fingerprint density at radius 1 is 1.08 bits per heavy atom. The minimum Gasteiger partial charge on any atom is -0.447 e. The number of ether oxygens (including phenoxy) is 2. The number of benzene rings is 2. The number of cyclic esters (lactones) is 1. The Hall–Kier alpha value is -3.04. The van der Waals surface area contributed by atoms with Gasteiger partial charge in [0, 0.05) is 24.4 Å². The monoisotopic (exact) mass is 555 g/mol. The highest BCUT2D eigenvalue weighted by Gasteiger charge is 2.40. The molecular weight excluding hydrogens is 514 g/mol. The van der Waals surface area contributed by atoms with Crippen LogP contribution in [0.1, 0.15) is 44.7 Å². The lowest BCUT2D eigenvalue weighted by Gasteiger charge is -2.27. The first-order valence-corrected chi connectivity index (χ1v) is 14.1. The molecule has 0 aromatic heterocycles. The van der Waals surface area contributed by atoms with Crippen molar-refractivity contribution in [1.29, 1.82) is 0 Å². The lowest BCUT2D eigenvalue weighted by atomic mass is 9.92. The van der Waals surface area contributed by atoms with E-state index in [4.69, 9.17) is 9.47 Å². The quantitative estimate of drug-likeness (QED) is 0.332. The van der Waals surface area contributed by atoms with Gasteiger partial charge < -0.3 is 14.4 Å². The van der Waals surface area contributed by atoms with E-state index in [9.17, 15) is 14.4 Å². The maximum Gasteiger partial charge on any atom is 0.416 e. The second-order valence-electron chi connectivity index (χ2n) is 11.1. The topological polar surface area (TPSA) is 79.4 Å². The third-order valence-corrected chi connectivity index (χ3v) is 7.11. The zero-order valence-electron chi connectivity index (χ0n) is 23.9. The average Bonchev–Trinajstić information content (AvgIpc) is 3.21. The van der Waals surface area contributed by atoms with Crippen LogP contribution >= 0.6 is 11.9 Å². The van der Waals surface area contributed by atoms with Crippen LogP contribution in [0.3, 0.4) is 0 Å². The molecule has 2 aromatic rings. The van der Waals surface area contributed by atoms with Gasteiger partial charge in [0.25, 0.3) is 0 Å². The highest BCUT2D eigenvalue weighted by Crippen LogP contribution is 2.27. The summed E-state index contributed by atoms with van der Waals surface area (Å²) >= 11 is 1.61. The van der Waals surface area contributed by atoms with Gasteiger partial charge in [-0.1, -0.05) is 42.5 Å². The van der Waals surface area contributed by atoms with Crippen LogP contribution in [0.15, 0.2) is 59.5 Å². The largest absolute Gasteiger partial charge is 0.447 e. The fourth-order valence-corrected chi connectivity index (χ4v) is 5.27. The van der Waals surface area contributed by atoms with Crippen molar-refractivity contribution in [2.24, 2.45) is 5.92 Å². The van der Waals surface area contributed by atoms with Crippen LogP contribution in [0.4, 0.5) is 9.59 Å². The van der Waals surface area contributed by atoms with Crippen LogP contribution < -0.4 is 0 Å². The summed E-state index contributed by atoms with van der Waals surface area (Å²) in [4.78, 5) is 43.0. The molecule has 1 heterocycles. The van der Waals surface area contributed by atoms with Crippen LogP contribution in [-0.2, 0) is 27.1 Å². The van der Waals surface area contributed by atoms with E-state index in [2.05, 4.69) is 6.07 Å². The lowest BCUT2D eigenvalue weighted by molar-refractivity contribution is -0.133. The smallest absolute Gasteiger partial charge is 0.416 e. The Labute approximate surface area is 236 Å². The molecule has 0 bridgehead atoms. The van der Waals surface area contributed by atoms with E-state index < -0.39 is 23.7 Å². The Bertz CT molecular complexity index is 1120. The summed E-state index contributed by atoms with van der Waals surface area (Å²) in [6.07, 6.45) is 1.14. The maximum absolute atomic E-state index is 13.9. The number of amides is 3. The molecule has 0 spiro atoms. The number of hydrogen-bond donors (Lipinski definition) is 0. The zero-order valence-corrected chi connectivity index (χ0v) is 24.7. The van der Waals surface area contributed by atoms with Gasteiger partial charge in [-0.3, -0.25) is 9.10 Å². The van der Waals surface area contributed by atoms with Gasteiger partial charge in [-0.05, 0) is 95.8 Å². The summed E-state index contributed by atoms with van der Waals surface area (Å²) in [5.74, 6) is -0.676. The van der Waals surface area contributed by atoms with Crippen LogP contribution in [0.5, 0.6) is 0 Å². The number of nitrogens with zero attached hydrogens (tertiary/aromatic N) is 3. The van der Waals surface area contributed by atoms with Crippen molar-refractivity contribution in [1.82, 2.24) is 14.1 Å². The first-order valence-electron chi connectivity index (χ1n) is 13.3. The van der Waals surface area contributed by atoms with E-state index in [-0.39, 0.29) is 18.6 Å². The number of rotatable bonds is 11. The van der Waals surface area contributed by atoms with Crippen molar-refractivity contribution in [3.63, 3.8) is 0 Å². The molecule has 212 valence electrons. The van der Waals surface area contributed by atoms with Gasteiger partial charge in [-0.2, -0.15) is 0 Å². The molecule has 2 aromatic carbocycles. The first kappa shape index (κ1) is 30.5. The standard InChI is InChI=1S/C30H41N3O5S/c1-30(2,3)38-28(35)32(6)17-11-15-24(18-23-14-10-16-26(20-23)39-31(4)5)27(34)33-25(21-37-29(33)36)19-22-12-8-7-9-13-22/h7-10,12-14,16,20,24-25H,11,15,17-19,21H2,1-6H3/t24?,25-/m0/s1. The predicted molar refractivity (Wildman–Crippen MR) is 153 cm³/mol. The number of carbonyl (C=O) groups is 3. The fraction of sp³-hybridized carbons (Fsp3) is 0.500. The number of imide groups is 1. The third kappa shape index (κ3) is 9.58. The van der Waals surface area contributed by atoms with Gasteiger partial charge in [0.2, 0.25) is 5.91 Å². The summed E-state index contributed by atoms with van der Waals surface area (Å²) in [5, 5.41) is 0. The average molecular weight is 556 g/mol. The fourth-order valence-electron chi connectivity index (χ4n) is 4.51. The van der Waals surface area contributed by atoms with Crippen LogP contribution in [0.25, 0.3) is 0 Å². The van der Waals surface area contributed by atoms with Crippen molar-refractivity contribution in [3.8, 4) is 0 Å². The molecule has 0 N–H and O–H groups in total. The molecule has 2 atom stereocenters. The molecule has 1 saturated heterocycles. The summed E-state index contributed by atoms with van der Waals surface area (Å²) in [6, 6.07) is 17.6. The summed E-state index contributed by atoms with van der Waals surface area (Å²) in [5.41, 5.74) is 1.49. The minimum absolute atomic E-state index is 0.183. The molecule has 3 rings (SSSR count). The maximum atomic E-state index is 13.9. The highest BCUT2D eigenvalue weighted by molar-refractivity contribution is 7.97. The van der Waals surface area contributed by atoms with Gasteiger partial charge in [0.15, 0.2) is 0 Å². The van der Waals surface area contributed by atoms with E-state index in [1.54, 1.807) is 19.0 Å². The molecule has 1 fully saturated rings. The van der Waals surface area contributed by atoms with Crippen LogP contribution in [-0.4, -0.2) is 78.1 Å². The molecule has 9 heteroatoms. The van der Waals surface area contributed by atoms with E-state index >= 15 is 0 Å². The summed E-state index contributed by atoms with van der Waals surface area (Å²) in [6.45, 7) is 6.11.